The summed E-state index contributed by atoms with van der Waals surface area (Å²) >= 11 is 5.29. The van der Waals surface area contributed by atoms with Gasteiger partial charge >= 0.3 is 6.18 Å². The lowest BCUT2D eigenvalue weighted by Crippen LogP contribution is -2.41. The molecular weight excluding hydrogens is 283 g/mol. The zero-order valence-electron chi connectivity index (χ0n) is 9.33. The highest BCUT2D eigenvalue weighted by atomic mass is 35.5. The van der Waals surface area contributed by atoms with E-state index < -0.39 is 22.7 Å². The van der Waals surface area contributed by atoms with E-state index in [1.807, 2.05) is 0 Å². The van der Waals surface area contributed by atoms with Crippen LogP contribution < -0.4 is 0 Å². The van der Waals surface area contributed by atoms with E-state index in [9.17, 15) is 21.6 Å². The van der Waals surface area contributed by atoms with E-state index >= 15 is 0 Å². The number of methoxy groups -OCH3 is 1. The van der Waals surface area contributed by atoms with E-state index in [0.29, 0.717) is 4.31 Å². The molecule has 0 aromatic carbocycles. The highest BCUT2D eigenvalue weighted by Crippen LogP contribution is 2.19. The molecule has 0 aromatic heterocycles. The number of halogens is 4. The van der Waals surface area contributed by atoms with Gasteiger partial charge in [0, 0.05) is 26.1 Å². The Kier molecular flexibility index (Phi) is 7.38. The molecule has 0 saturated carbocycles. The fraction of sp³-hybridized carbons (Fsp3) is 1.00. The van der Waals surface area contributed by atoms with Gasteiger partial charge in [0.25, 0.3) is 0 Å². The summed E-state index contributed by atoms with van der Waals surface area (Å²) in [5, 5.41) is 0. The van der Waals surface area contributed by atoms with Crippen molar-refractivity contribution in [2.75, 3.05) is 38.4 Å². The fourth-order valence-corrected chi connectivity index (χ4v) is 2.88. The summed E-state index contributed by atoms with van der Waals surface area (Å²) in [6.45, 7) is -1.68. The summed E-state index contributed by atoms with van der Waals surface area (Å²) in [6, 6.07) is 0. The van der Waals surface area contributed by atoms with Crippen LogP contribution in [0.3, 0.4) is 0 Å². The van der Waals surface area contributed by atoms with Crippen molar-refractivity contribution in [3.63, 3.8) is 0 Å². The first-order valence-electron chi connectivity index (χ1n) is 4.82. The van der Waals surface area contributed by atoms with Crippen LogP contribution in [-0.4, -0.2) is 57.3 Å². The molecule has 0 heterocycles. The zero-order chi connectivity index (χ0) is 13.5. The number of hydrogen-bond donors (Lipinski definition) is 0. The Morgan fingerprint density at radius 2 is 1.94 bits per heavy atom. The lowest BCUT2D eigenvalue weighted by Gasteiger charge is -2.22. The first-order chi connectivity index (χ1) is 7.73. The highest BCUT2D eigenvalue weighted by molar-refractivity contribution is 7.89. The van der Waals surface area contributed by atoms with Gasteiger partial charge in [-0.05, 0) is 6.42 Å². The second-order valence-electron chi connectivity index (χ2n) is 3.30. The molecule has 0 spiro atoms. The molecule has 4 nitrogen and oxygen atoms in total. The van der Waals surface area contributed by atoms with Gasteiger partial charge in [0.15, 0.2) is 0 Å². The van der Waals surface area contributed by atoms with E-state index in [2.05, 4.69) is 4.74 Å². The van der Waals surface area contributed by atoms with Crippen LogP contribution in [0.4, 0.5) is 13.2 Å². The smallest absolute Gasteiger partial charge is 0.385 e. The first kappa shape index (κ1) is 16.9. The van der Waals surface area contributed by atoms with Gasteiger partial charge in [-0.2, -0.15) is 17.5 Å². The maximum Gasteiger partial charge on any atom is 0.402 e. The van der Waals surface area contributed by atoms with Crippen molar-refractivity contribution in [3.8, 4) is 0 Å². The average Bonchev–Trinajstić information content (AvgIpc) is 2.15. The Bertz CT molecular complexity index is 308. The third-order valence-electron chi connectivity index (χ3n) is 1.83. The summed E-state index contributed by atoms with van der Waals surface area (Å²) in [4.78, 5) is 0. The lowest BCUT2D eigenvalue weighted by atomic mass is 10.5. The molecule has 0 atom stereocenters. The van der Waals surface area contributed by atoms with Crippen LogP contribution in [0.2, 0.25) is 0 Å². The van der Waals surface area contributed by atoms with Crippen LogP contribution in [-0.2, 0) is 14.8 Å². The molecule has 0 aliphatic rings. The highest BCUT2D eigenvalue weighted by Gasteiger charge is 2.35. The van der Waals surface area contributed by atoms with Crippen molar-refractivity contribution >= 4 is 21.6 Å². The van der Waals surface area contributed by atoms with E-state index in [4.69, 9.17) is 11.6 Å². The number of nitrogens with zero attached hydrogens (tertiary/aromatic N) is 1. The van der Waals surface area contributed by atoms with E-state index in [-0.39, 0.29) is 31.2 Å². The van der Waals surface area contributed by atoms with Crippen molar-refractivity contribution < 1.29 is 26.3 Å². The largest absolute Gasteiger partial charge is 0.402 e. The molecular formula is C8H15ClF3NO3S. The van der Waals surface area contributed by atoms with Crippen molar-refractivity contribution in [2.24, 2.45) is 0 Å². The van der Waals surface area contributed by atoms with Gasteiger partial charge in [-0.1, -0.05) is 0 Å². The van der Waals surface area contributed by atoms with Gasteiger partial charge in [-0.3, -0.25) is 0 Å². The van der Waals surface area contributed by atoms with Crippen LogP contribution in [0.25, 0.3) is 0 Å². The molecule has 0 saturated heterocycles. The van der Waals surface area contributed by atoms with Crippen LogP contribution >= 0.6 is 11.6 Å². The lowest BCUT2D eigenvalue weighted by molar-refractivity contribution is -0.135. The standard InChI is InChI=1S/C8H15ClF3NO3S/c1-16-5-2-6-17(14,15)13(4-3-9)7-8(10,11)12/h2-7H2,1H3. The molecule has 0 rings (SSSR count). The van der Waals surface area contributed by atoms with Gasteiger partial charge in [0.05, 0.1) is 5.75 Å². The summed E-state index contributed by atoms with van der Waals surface area (Å²) in [5.74, 6) is -0.562. The molecule has 0 N–H and O–H groups in total. The van der Waals surface area contributed by atoms with Gasteiger partial charge in [-0.15, -0.1) is 11.6 Å². The Morgan fingerprint density at radius 3 is 2.35 bits per heavy atom. The number of alkyl halides is 4. The minimum absolute atomic E-state index is 0.148. The summed E-state index contributed by atoms with van der Waals surface area (Å²) in [5.41, 5.74) is 0. The molecule has 0 aliphatic heterocycles. The summed E-state index contributed by atoms with van der Waals surface area (Å²) in [6.07, 6.45) is -4.42. The maximum atomic E-state index is 12.2. The van der Waals surface area contributed by atoms with Gasteiger partial charge in [-0.25, -0.2) is 8.42 Å². The van der Waals surface area contributed by atoms with Gasteiger partial charge in [0.1, 0.15) is 6.54 Å². The molecule has 0 amide bonds. The van der Waals surface area contributed by atoms with Crippen molar-refractivity contribution in [2.45, 2.75) is 12.6 Å². The molecule has 104 valence electrons. The SMILES string of the molecule is COCCCS(=O)(=O)N(CCCl)CC(F)(F)F. The van der Waals surface area contributed by atoms with Crippen molar-refractivity contribution in [1.29, 1.82) is 0 Å². The predicted molar refractivity (Wildman–Crippen MR) is 58.6 cm³/mol. The van der Waals surface area contributed by atoms with Crippen molar-refractivity contribution in [1.82, 2.24) is 4.31 Å². The third kappa shape index (κ3) is 7.80. The third-order valence-corrected chi connectivity index (χ3v) is 3.91. The zero-order valence-corrected chi connectivity index (χ0v) is 10.9. The van der Waals surface area contributed by atoms with Crippen LogP contribution in [0.15, 0.2) is 0 Å². The van der Waals surface area contributed by atoms with Crippen LogP contribution in [0, 0.1) is 0 Å². The molecule has 0 unspecified atom stereocenters. The first-order valence-corrected chi connectivity index (χ1v) is 6.97. The fourth-order valence-electron chi connectivity index (χ4n) is 1.13. The van der Waals surface area contributed by atoms with E-state index in [0.717, 1.165) is 0 Å². The Hall–Kier alpha value is -0.0500. The second kappa shape index (κ2) is 7.40. The number of hydrogen-bond acceptors (Lipinski definition) is 3. The Labute approximate surface area is 104 Å². The van der Waals surface area contributed by atoms with Gasteiger partial charge < -0.3 is 4.74 Å². The van der Waals surface area contributed by atoms with Crippen LogP contribution in [0.1, 0.15) is 6.42 Å². The minimum atomic E-state index is -4.57. The quantitative estimate of drug-likeness (QED) is 0.503. The Morgan fingerprint density at radius 1 is 1.35 bits per heavy atom. The number of ether oxygens (including phenoxy) is 1. The molecule has 0 bridgehead atoms. The Balaban J connectivity index is 4.56. The minimum Gasteiger partial charge on any atom is -0.385 e. The topological polar surface area (TPSA) is 46.6 Å². The molecule has 9 heteroatoms. The summed E-state index contributed by atoms with van der Waals surface area (Å²) in [7, 11) is -2.55. The molecule has 17 heavy (non-hydrogen) atoms. The molecule has 0 fully saturated rings. The van der Waals surface area contributed by atoms with Crippen LogP contribution in [0.5, 0.6) is 0 Å². The second-order valence-corrected chi connectivity index (χ2v) is 5.77. The number of rotatable bonds is 8. The molecule has 0 aliphatic carbocycles. The summed E-state index contributed by atoms with van der Waals surface area (Å²) < 4.78 is 64.7. The number of sulfonamides is 1. The monoisotopic (exact) mass is 297 g/mol. The average molecular weight is 298 g/mol. The molecule has 0 aromatic rings. The normalized spacial score (nSPS) is 13.3. The van der Waals surface area contributed by atoms with E-state index in [1.54, 1.807) is 0 Å². The maximum absolute atomic E-state index is 12.2. The van der Waals surface area contributed by atoms with Gasteiger partial charge in [0.2, 0.25) is 10.0 Å². The van der Waals surface area contributed by atoms with E-state index in [1.165, 1.54) is 7.11 Å². The predicted octanol–water partition coefficient (Wildman–Crippen LogP) is 1.46. The van der Waals surface area contributed by atoms with Crippen molar-refractivity contribution in [3.05, 3.63) is 0 Å². The molecule has 0 radical (unpaired) electrons.